The summed E-state index contributed by atoms with van der Waals surface area (Å²) >= 11 is 20.1. The van der Waals surface area contributed by atoms with Crippen molar-refractivity contribution in [1.29, 1.82) is 0 Å². The third kappa shape index (κ3) is 3.26. The summed E-state index contributed by atoms with van der Waals surface area (Å²) in [5, 5.41) is 6.13. The Morgan fingerprint density at radius 2 is 1.65 bits per heavy atom. The van der Waals surface area contributed by atoms with Crippen LogP contribution in [-0.4, -0.2) is 9.97 Å². The summed E-state index contributed by atoms with van der Waals surface area (Å²) in [5.74, 6) is 0.688. The van der Waals surface area contributed by atoms with Gasteiger partial charge in [0.05, 0.1) is 16.1 Å². The lowest BCUT2D eigenvalue weighted by molar-refractivity contribution is 1.23. The van der Waals surface area contributed by atoms with Crippen molar-refractivity contribution in [2.75, 3.05) is 5.32 Å². The fraction of sp³-hybridized carbons (Fsp3) is 0.0526. The standard InChI is InChI=1S/C19H12Cl3N3S/c1-10-16(11-2-4-12(20)5-3-11)17-18(23-9-24-19(17)26-10)25-15-8-13(21)6-7-14(15)22/h2-9H,1H3,(H,23,24,25). The lowest BCUT2D eigenvalue weighted by atomic mass is 10.0. The molecule has 7 heteroatoms. The van der Waals surface area contributed by atoms with Gasteiger partial charge in [-0.05, 0) is 42.8 Å². The van der Waals surface area contributed by atoms with Gasteiger partial charge in [-0.2, -0.15) is 0 Å². The van der Waals surface area contributed by atoms with Crippen LogP contribution in [0.25, 0.3) is 21.3 Å². The van der Waals surface area contributed by atoms with E-state index in [0.29, 0.717) is 26.6 Å². The molecule has 0 bridgehead atoms. The Balaban J connectivity index is 1.90. The monoisotopic (exact) mass is 419 g/mol. The van der Waals surface area contributed by atoms with E-state index in [1.165, 1.54) is 0 Å². The van der Waals surface area contributed by atoms with E-state index in [0.717, 1.165) is 26.2 Å². The van der Waals surface area contributed by atoms with Gasteiger partial charge in [-0.3, -0.25) is 0 Å². The molecule has 26 heavy (non-hydrogen) atoms. The second-order valence-electron chi connectivity index (χ2n) is 5.69. The summed E-state index contributed by atoms with van der Waals surface area (Å²) in [6.07, 6.45) is 1.55. The molecule has 0 saturated heterocycles. The minimum Gasteiger partial charge on any atom is -0.338 e. The van der Waals surface area contributed by atoms with Crippen LogP contribution in [0.5, 0.6) is 0 Å². The molecule has 2 heterocycles. The second kappa shape index (κ2) is 7.05. The first kappa shape index (κ1) is 17.6. The van der Waals surface area contributed by atoms with Crippen molar-refractivity contribution in [2.45, 2.75) is 6.92 Å². The van der Waals surface area contributed by atoms with Crippen molar-refractivity contribution in [1.82, 2.24) is 9.97 Å². The van der Waals surface area contributed by atoms with Gasteiger partial charge in [0.25, 0.3) is 0 Å². The zero-order valence-corrected chi connectivity index (χ0v) is 16.6. The molecule has 0 amide bonds. The molecule has 0 atom stereocenters. The number of anilines is 2. The Morgan fingerprint density at radius 1 is 0.923 bits per heavy atom. The summed E-state index contributed by atoms with van der Waals surface area (Å²) in [7, 11) is 0. The lowest BCUT2D eigenvalue weighted by Crippen LogP contribution is -1.96. The Morgan fingerprint density at radius 3 is 2.42 bits per heavy atom. The number of aromatic nitrogens is 2. The number of benzene rings is 2. The zero-order valence-electron chi connectivity index (χ0n) is 13.6. The molecule has 2 aromatic carbocycles. The van der Waals surface area contributed by atoms with E-state index in [1.54, 1.807) is 35.9 Å². The molecule has 1 N–H and O–H groups in total. The van der Waals surface area contributed by atoms with E-state index in [9.17, 15) is 0 Å². The minimum absolute atomic E-state index is 0.571. The van der Waals surface area contributed by atoms with Crippen LogP contribution >= 0.6 is 46.1 Å². The highest BCUT2D eigenvalue weighted by Crippen LogP contribution is 2.41. The molecule has 3 nitrogen and oxygen atoms in total. The van der Waals surface area contributed by atoms with Crippen molar-refractivity contribution in [3.63, 3.8) is 0 Å². The van der Waals surface area contributed by atoms with Gasteiger partial charge in [-0.1, -0.05) is 46.9 Å². The summed E-state index contributed by atoms with van der Waals surface area (Å²) in [6.45, 7) is 2.08. The Bertz CT molecular complexity index is 1110. The van der Waals surface area contributed by atoms with Gasteiger partial charge in [0.15, 0.2) is 0 Å². The molecule has 4 aromatic rings. The minimum atomic E-state index is 0.571. The van der Waals surface area contributed by atoms with Crippen LogP contribution in [-0.2, 0) is 0 Å². The largest absolute Gasteiger partial charge is 0.338 e. The normalized spacial score (nSPS) is 11.1. The van der Waals surface area contributed by atoms with Crippen LogP contribution in [0.3, 0.4) is 0 Å². The fourth-order valence-corrected chi connectivity index (χ4v) is 4.30. The van der Waals surface area contributed by atoms with E-state index >= 15 is 0 Å². The average Bonchev–Trinajstić information content (AvgIpc) is 2.96. The third-order valence-corrected chi connectivity index (χ3v) is 5.81. The molecule has 0 radical (unpaired) electrons. The highest BCUT2D eigenvalue weighted by atomic mass is 35.5. The van der Waals surface area contributed by atoms with Crippen molar-refractivity contribution in [3.8, 4) is 11.1 Å². The maximum atomic E-state index is 6.30. The molecule has 0 saturated carbocycles. The van der Waals surface area contributed by atoms with E-state index in [-0.39, 0.29) is 0 Å². The Labute approximate surface area is 169 Å². The van der Waals surface area contributed by atoms with Crippen molar-refractivity contribution < 1.29 is 0 Å². The Kier molecular flexibility index (Phi) is 4.76. The number of halogens is 3. The fourth-order valence-electron chi connectivity index (χ4n) is 2.82. The van der Waals surface area contributed by atoms with Gasteiger partial charge in [-0.15, -0.1) is 11.3 Å². The summed E-state index contributed by atoms with van der Waals surface area (Å²) in [5.41, 5.74) is 2.85. The van der Waals surface area contributed by atoms with Crippen LogP contribution in [0.2, 0.25) is 15.1 Å². The predicted octanol–water partition coefficient (Wildman–Crippen LogP) is 7.37. The number of thiophene rings is 1. The third-order valence-electron chi connectivity index (χ3n) is 3.98. The van der Waals surface area contributed by atoms with Gasteiger partial charge in [0, 0.05) is 20.5 Å². The maximum absolute atomic E-state index is 6.30. The van der Waals surface area contributed by atoms with Crippen molar-refractivity contribution in [2.24, 2.45) is 0 Å². The van der Waals surface area contributed by atoms with Crippen LogP contribution < -0.4 is 5.32 Å². The summed E-state index contributed by atoms with van der Waals surface area (Å²) < 4.78 is 0. The van der Waals surface area contributed by atoms with Gasteiger partial charge in [0.1, 0.15) is 17.0 Å². The topological polar surface area (TPSA) is 37.8 Å². The number of aryl methyl sites for hydroxylation is 1. The summed E-state index contributed by atoms with van der Waals surface area (Å²) in [4.78, 5) is 10.9. The van der Waals surface area contributed by atoms with Crippen molar-refractivity contribution in [3.05, 3.63) is 68.7 Å². The molecular formula is C19H12Cl3N3S. The first-order valence-electron chi connectivity index (χ1n) is 7.75. The van der Waals surface area contributed by atoms with E-state index in [2.05, 4.69) is 22.2 Å². The average molecular weight is 421 g/mol. The first-order valence-corrected chi connectivity index (χ1v) is 9.70. The maximum Gasteiger partial charge on any atom is 0.143 e. The number of nitrogens with one attached hydrogen (secondary N) is 1. The second-order valence-corrected chi connectivity index (χ2v) is 8.18. The van der Waals surface area contributed by atoms with E-state index in [1.807, 2.05) is 24.3 Å². The van der Waals surface area contributed by atoms with E-state index in [4.69, 9.17) is 34.8 Å². The number of fused-ring (bicyclic) bond motifs is 1. The number of hydrogen-bond acceptors (Lipinski definition) is 4. The van der Waals surface area contributed by atoms with Gasteiger partial charge in [-0.25, -0.2) is 9.97 Å². The molecule has 0 spiro atoms. The van der Waals surface area contributed by atoms with E-state index < -0.39 is 0 Å². The molecule has 130 valence electrons. The highest BCUT2D eigenvalue weighted by Gasteiger charge is 2.17. The van der Waals surface area contributed by atoms with Gasteiger partial charge < -0.3 is 5.32 Å². The number of nitrogens with zero attached hydrogens (tertiary/aromatic N) is 2. The van der Waals surface area contributed by atoms with Gasteiger partial charge >= 0.3 is 0 Å². The molecule has 2 aromatic heterocycles. The van der Waals surface area contributed by atoms with Crippen molar-refractivity contribution >= 4 is 67.9 Å². The van der Waals surface area contributed by atoms with Gasteiger partial charge in [0.2, 0.25) is 0 Å². The SMILES string of the molecule is Cc1sc2ncnc(Nc3cc(Cl)ccc3Cl)c2c1-c1ccc(Cl)cc1. The zero-order chi connectivity index (χ0) is 18.3. The number of hydrogen-bond donors (Lipinski definition) is 1. The first-order chi connectivity index (χ1) is 12.5. The molecule has 0 unspecified atom stereocenters. The predicted molar refractivity (Wildman–Crippen MR) is 112 cm³/mol. The van der Waals surface area contributed by atoms with Crippen LogP contribution in [0.1, 0.15) is 4.88 Å². The molecule has 0 aliphatic heterocycles. The summed E-state index contributed by atoms with van der Waals surface area (Å²) in [6, 6.07) is 13.0. The molecule has 0 fully saturated rings. The highest BCUT2D eigenvalue weighted by molar-refractivity contribution is 7.19. The molecular weight excluding hydrogens is 409 g/mol. The molecule has 4 rings (SSSR count). The Hall–Kier alpha value is -1.85. The van der Waals surface area contributed by atoms with Crippen LogP contribution in [0, 0.1) is 6.92 Å². The lowest BCUT2D eigenvalue weighted by Gasteiger charge is -2.11. The quantitative estimate of drug-likeness (QED) is 0.376. The number of rotatable bonds is 3. The van der Waals surface area contributed by atoms with Crippen LogP contribution in [0.4, 0.5) is 11.5 Å². The molecule has 0 aliphatic rings. The molecule has 0 aliphatic carbocycles. The smallest absolute Gasteiger partial charge is 0.143 e. The van der Waals surface area contributed by atoms with Crippen LogP contribution in [0.15, 0.2) is 48.8 Å².